The minimum Gasteiger partial charge on any atom is -0.338 e. The van der Waals surface area contributed by atoms with Crippen LogP contribution in [-0.2, 0) is 4.79 Å². The van der Waals surface area contributed by atoms with Gasteiger partial charge in [-0.05, 0) is 40.2 Å². The number of piperazine rings is 1. The van der Waals surface area contributed by atoms with Crippen LogP contribution in [0, 0.1) is 0 Å². The summed E-state index contributed by atoms with van der Waals surface area (Å²) in [5, 5.41) is 0. The predicted molar refractivity (Wildman–Crippen MR) is 82.7 cm³/mol. The first-order chi connectivity index (χ1) is 9.51. The average Bonchev–Trinajstić information content (AvgIpc) is 2.82. The summed E-state index contributed by atoms with van der Waals surface area (Å²) in [7, 11) is 0. The summed E-state index contributed by atoms with van der Waals surface area (Å²) in [5.74, 6) is 0.244. The van der Waals surface area contributed by atoms with Crippen LogP contribution in [0.5, 0.6) is 0 Å². The zero-order valence-electron chi connectivity index (χ0n) is 13.3. The molecule has 0 aromatic carbocycles. The molecule has 20 heavy (non-hydrogen) atoms. The summed E-state index contributed by atoms with van der Waals surface area (Å²) in [6, 6.07) is 1.16. The highest BCUT2D eigenvalue weighted by molar-refractivity contribution is 5.78. The topological polar surface area (TPSA) is 26.8 Å². The van der Waals surface area contributed by atoms with Crippen molar-refractivity contribution in [2.24, 2.45) is 0 Å². The summed E-state index contributed by atoms with van der Waals surface area (Å²) in [5.41, 5.74) is 1.05. The third-order valence-electron chi connectivity index (χ3n) is 4.60. The van der Waals surface area contributed by atoms with Crippen LogP contribution in [0.4, 0.5) is 0 Å². The lowest BCUT2D eigenvalue weighted by Gasteiger charge is -2.42. The van der Waals surface area contributed by atoms with Crippen molar-refractivity contribution in [3.05, 3.63) is 12.2 Å². The predicted octanol–water partition coefficient (Wildman–Crippen LogP) is 1.58. The summed E-state index contributed by atoms with van der Waals surface area (Å²) in [6.07, 6.45) is 2.61. The fourth-order valence-electron chi connectivity index (χ4n) is 3.44. The van der Waals surface area contributed by atoms with Gasteiger partial charge in [-0.3, -0.25) is 14.6 Å². The Bertz CT molecular complexity index is 369. The Labute approximate surface area is 123 Å². The van der Waals surface area contributed by atoms with E-state index in [1.165, 1.54) is 19.4 Å². The minimum atomic E-state index is 0.244. The van der Waals surface area contributed by atoms with Crippen LogP contribution in [0.2, 0.25) is 0 Å². The molecule has 2 aliphatic heterocycles. The van der Waals surface area contributed by atoms with Crippen molar-refractivity contribution in [1.29, 1.82) is 0 Å². The largest absolute Gasteiger partial charge is 0.338 e. The monoisotopic (exact) mass is 279 g/mol. The molecule has 1 amide bonds. The molecule has 0 saturated carbocycles. The van der Waals surface area contributed by atoms with Crippen LogP contribution in [0.15, 0.2) is 12.2 Å². The third kappa shape index (κ3) is 3.61. The smallest absolute Gasteiger partial charge is 0.237 e. The fourth-order valence-corrected chi connectivity index (χ4v) is 3.44. The second kappa shape index (κ2) is 6.72. The fraction of sp³-hybridized carbons (Fsp3) is 0.812. The first kappa shape index (κ1) is 15.5. The molecular weight excluding hydrogens is 250 g/mol. The lowest BCUT2D eigenvalue weighted by molar-refractivity contribution is -0.133. The maximum atomic E-state index is 12.4. The second-order valence-electron chi connectivity index (χ2n) is 6.43. The summed E-state index contributed by atoms with van der Waals surface area (Å²) >= 11 is 0. The standard InChI is InChI=1S/C16H29N3O/c1-5-17(9-13(2)3)16(20)12-19-11-15-7-6-8-18(15)10-14(19)4/h14-15H,2,5-12H2,1,3-4H3/t14-,15+/m1/s1. The number of likely N-dealkylation sites (N-methyl/N-ethyl adjacent to an activating group) is 1. The van der Waals surface area contributed by atoms with Gasteiger partial charge in [0.1, 0.15) is 0 Å². The minimum absolute atomic E-state index is 0.244. The van der Waals surface area contributed by atoms with Gasteiger partial charge in [0, 0.05) is 38.3 Å². The van der Waals surface area contributed by atoms with E-state index in [1.807, 2.05) is 18.7 Å². The number of carbonyl (C=O) groups is 1. The molecule has 2 saturated heterocycles. The molecule has 0 aliphatic carbocycles. The molecule has 4 heteroatoms. The lowest BCUT2D eigenvalue weighted by atomic mass is 10.1. The molecule has 2 fully saturated rings. The zero-order valence-corrected chi connectivity index (χ0v) is 13.3. The van der Waals surface area contributed by atoms with Gasteiger partial charge in [-0.1, -0.05) is 12.2 Å². The van der Waals surface area contributed by atoms with Crippen LogP contribution in [0.25, 0.3) is 0 Å². The second-order valence-corrected chi connectivity index (χ2v) is 6.43. The Balaban J connectivity index is 1.91. The molecule has 114 valence electrons. The van der Waals surface area contributed by atoms with Gasteiger partial charge in [-0.15, -0.1) is 0 Å². The molecule has 2 rings (SSSR count). The van der Waals surface area contributed by atoms with Gasteiger partial charge in [0.15, 0.2) is 0 Å². The Morgan fingerprint density at radius 3 is 2.80 bits per heavy atom. The molecule has 2 heterocycles. The van der Waals surface area contributed by atoms with Crippen molar-refractivity contribution in [3.63, 3.8) is 0 Å². The number of hydrogen-bond donors (Lipinski definition) is 0. The van der Waals surface area contributed by atoms with Gasteiger partial charge in [-0.25, -0.2) is 0 Å². The first-order valence-electron chi connectivity index (χ1n) is 7.91. The Hall–Kier alpha value is -0.870. The van der Waals surface area contributed by atoms with Crippen molar-refractivity contribution in [2.45, 2.75) is 45.7 Å². The van der Waals surface area contributed by atoms with Gasteiger partial charge in [0.2, 0.25) is 5.91 Å². The van der Waals surface area contributed by atoms with E-state index in [1.54, 1.807) is 0 Å². The quantitative estimate of drug-likeness (QED) is 0.715. The highest BCUT2D eigenvalue weighted by atomic mass is 16.2. The van der Waals surface area contributed by atoms with Crippen molar-refractivity contribution >= 4 is 5.91 Å². The molecular formula is C16H29N3O. The number of amides is 1. The van der Waals surface area contributed by atoms with Crippen LogP contribution in [-0.4, -0.2) is 72.0 Å². The van der Waals surface area contributed by atoms with E-state index < -0.39 is 0 Å². The van der Waals surface area contributed by atoms with E-state index in [-0.39, 0.29) is 5.91 Å². The van der Waals surface area contributed by atoms with Crippen molar-refractivity contribution in [1.82, 2.24) is 14.7 Å². The number of carbonyl (C=O) groups excluding carboxylic acids is 1. The maximum Gasteiger partial charge on any atom is 0.237 e. The number of hydrogen-bond acceptors (Lipinski definition) is 3. The van der Waals surface area contributed by atoms with Crippen LogP contribution in [0.1, 0.15) is 33.6 Å². The molecule has 0 spiro atoms. The van der Waals surface area contributed by atoms with Crippen molar-refractivity contribution in [3.8, 4) is 0 Å². The number of rotatable bonds is 5. The van der Waals surface area contributed by atoms with E-state index in [4.69, 9.17) is 0 Å². The van der Waals surface area contributed by atoms with Gasteiger partial charge < -0.3 is 4.90 Å². The van der Waals surface area contributed by atoms with Gasteiger partial charge in [0.05, 0.1) is 6.54 Å². The van der Waals surface area contributed by atoms with E-state index in [0.717, 1.165) is 25.2 Å². The van der Waals surface area contributed by atoms with E-state index in [0.29, 0.717) is 25.2 Å². The van der Waals surface area contributed by atoms with E-state index in [2.05, 4.69) is 23.3 Å². The molecule has 0 bridgehead atoms. The normalized spacial score (nSPS) is 27.4. The Morgan fingerprint density at radius 2 is 2.15 bits per heavy atom. The van der Waals surface area contributed by atoms with Crippen molar-refractivity contribution in [2.75, 3.05) is 39.3 Å². The highest BCUT2D eigenvalue weighted by Crippen LogP contribution is 2.24. The average molecular weight is 279 g/mol. The molecule has 4 nitrogen and oxygen atoms in total. The molecule has 2 atom stereocenters. The molecule has 2 aliphatic rings. The third-order valence-corrected chi connectivity index (χ3v) is 4.60. The molecule has 0 aromatic rings. The molecule has 0 radical (unpaired) electrons. The number of fused-ring (bicyclic) bond motifs is 1. The Kier molecular flexibility index (Phi) is 5.22. The highest BCUT2D eigenvalue weighted by Gasteiger charge is 2.35. The zero-order chi connectivity index (χ0) is 14.7. The van der Waals surface area contributed by atoms with Crippen molar-refractivity contribution < 1.29 is 4.79 Å². The first-order valence-corrected chi connectivity index (χ1v) is 7.91. The number of nitrogens with zero attached hydrogens (tertiary/aromatic N) is 3. The SMILES string of the molecule is C=C(C)CN(CC)C(=O)CN1C[C@@H]2CCCN2C[C@H]1C. The summed E-state index contributed by atoms with van der Waals surface area (Å²) in [6.45, 7) is 15.6. The maximum absolute atomic E-state index is 12.4. The summed E-state index contributed by atoms with van der Waals surface area (Å²) in [4.78, 5) is 19.3. The molecule has 0 aromatic heterocycles. The molecule has 0 unspecified atom stereocenters. The van der Waals surface area contributed by atoms with Gasteiger partial charge in [0.25, 0.3) is 0 Å². The van der Waals surface area contributed by atoms with Gasteiger partial charge in [-0.2, -0.15) is 0 Å². The van der Waals surface area contributed by atoms with Gasteiger partial charge >= 0.3 is 0 Å². The Morgan fingerprint density at radius 1 is 1.40 bits per heavy atom. The summed E-state index contributed by atoms with van der Waals surface area (Å²) < 4.78 is 0. The van der Waals surface area contributed by atoms with E-state index in [9.17, 15) is 4.79 Å². The lowest BCUT2D eigenvalue weighted by Crippen LogP contribution is -2.57. The van der Waals surface area contributed by atoms with Crippen LogP contribution >= 0.6 is 0 Å². The van der Waals surface area contributed by atoms with Crippen LogP contribution in [0.3, 0.4) is 0 Å². The van der Waals surface area contributed by atoms with E-state index >= 15 is 0 Å². The van der Waals surface area contributed by atoms with Crippen LogP contribution < -0.4 is 0 Å². The molecule has 0 N–H and O–H groups in total.